The summed E-state index contributed by atoms with van der Waals surface area (Å²) in [6.45, 7) is 2.03. The van der Waals surface area contributed by atoms with Gasteiger partial charge in [0.25, 0.3) is 0 Å². The molecule has 3 aliphatic rings. The number of rotatable bonds is 5. The number of anilines is 1. The zero-order valence-corrected chi connectivity index (χ0v) is 20.5. The van der Waals surface area contributed by atoms with E-state index in [1.807, 2.05) is 61.5 Å². The Kier molecular flexibility index (Phi) is 5.49. The maximum absolute atomic E-state index is 14.2. The zero-order chi connectivity index (χ0) is 25.7. The second-order valence-corrected chi connectivity index (χ2v) is 9.66. The lowest BCUT2D eigenvalue weighted by molar-refractivity contribution is -0.152. The van der Waals surface area contributed by atoms with Gasteiger partial charge in [0.1, 0.15) is 5.54 Å². The first-order valence-corrected chi connectivity index (χ1v) is 12.2. The van der Waals surface area contributed by atoms with Crippen LogP contribution < -0.4 is 19.7 Å². The van der Waals surface area contributed by atoms with E-state index in [1.165, 1.54) is 12.0 Å². The summed E-state index contributed by atoms with van der Waals surface area (Å²) in [7, 11) is 1.31. The summed E-state index contributed by atoms with van der Waals surface area (Å²) < 4.78 is 16.2. The first-order chi connectivity index (χ1) is 17.9. The van der Waals surface area contributed by atoms with Crippen molar-refractivity contribution < 1.29 is 28.6 Å². The molecular formula is C29H26N2O6. The number of esters is 1. The number of amides is 2. The van der Waals surface area contributed by atoms with Crippen molar-refractivity contribution in [3.63, 3.8) is 0 Å². The molecule has 4 atom stereocenters. The first-order valence-electron chi connectivity index (χ1n) is 12.2. The van der Waals surface area contributed by atoms with Crippen LogP contribution in [0.4, 0.5) is 5.69 Å². The van der Waals surface area contributed by atoms with Crippen LogP contribution in [0.1, 0.15) is 22.7 Å². The first kappa shape index (κ1) is 23.2. The van der Waals surface area contributed by atoms with Gasteiger partial charge in [-0.25, -0.2) is 4.90 Å². The number of imide groups is 1. The third-order valence-electron chi connectivity index (χ3n) is 7.67. The average Bonchev–Trinajstić information content (AvgIpc) is 3.58. The number of aryl methyl sites for hydroxylation is 1. The summed E-state index contributed by atoms with van der Waals surface area (Å²) >= 11 is 0. The molecule has 0 unspecified atom stereocenters. The van der Waals surface area contributed by atoms with Crippen molar-refractivity contribution in [3.05, 3.63) is 89.5 Å². The normalized spacial score (nSPS) is 25.9. The van der Waals surface area contributed by atoms with Crippen LogP contribution in [0, 0.1) is 18.8 Å². The molecule has 8 heteroatoms. The van der Waals surface area contributed by atoms with E-state index in [2.05, 4.69) is 5.32 Å². The van der Waals surface area contributed by atoms with Gasteiger partial charge in [-0.15, -0.1) is 0 Å². The van der Waals surface area contributed by atoms with Gasteiger partial charge >= 0.3 is 5.97 Å². The molecule has 2 fully saturated rings. The van der Waals surface area contributed by atoms with Crippen LogP contribution in [0.15, 0.2) is 72.8 Å². The molecule has 0 bridgehead atoms. The lowest BCUT2D eigenvalue weighted by Gasteiger charge is -2.33. The molecule has 2 amide bonds. The minimum absolute atomic E-state index is 0.0771. The number of nitrogens with zero attached hydrogens (tertiary/aromatic N) is 1. The van der Waals surface area contributed by atoms with Crippen LogP contribution >= 0.6 is 0 Å². The number of nitrogens with one attached hydrogen (secondary N) is 1. The van der Waals surface area contributed by atoms with E-state index in [1.54, 1.807) is 18.2 Å². The Bertz CT molecular complexity index is 1410. The maximum atomic E-state index is 14.2. The molecule has 2 saturated heterocycles. The van der Waals surface area contributed by atoms with E-state index in [4.69, 9.17) is 14.2 Å². The molecule has 0 radical (unpaired) electrons. The SMILES string of the molecule is COC(=O)[C@]1(Cc2ccccc2)N[C@H](c2ccccc2C)[C@@H]2C(=O)N(c3ccc4c(c3)OCO4)C(=O)[C@H]21. The lowest BCUT2D eigenvalue weighted by atomic mass is 9.76. The van der Waals surface area contributed by atoms with Crippen molar-refractivity contribution in [1.82, 2.24) is 5.32 Å². The molecule has 37 heavy (non-hydrogen) atoms. The second-order valence-electron chi connectivity index (χ2n) is 9.66. The predicted octanol–water partition coefficient (Wildman–Crippen LogP) is 3.33. The fourth-order valence-electron chi connectivity index (χ4n) is 6.01. The van der Waals surface area contributed by atoms with E-state index in [-0.39, 0.29) is 19.1 Å². The molecule has 3 aromatic rings. The smallest absolute Gasteiger partial charge is 0.327 e. The van der Waals surface area contributed by atoms with Gasteiger partial charge in [-0.3, -0.25) is 19.7 Å². The Morgan fingerprint density at radius 1 is 1.00 bits per heavy atom. The maximum Gasteiger partial charge on any atom is 0.327 e. The molecule has 0 aromatic heterocycles. The largest absolute Gasteiger partial charge is 0.468 e. The summed E-state index contributed by atoms with van der Waals surface area (Å²) in [6, 6.07) is 21.6. The van der Waals surface area contributed by atoms with Crippen molar-refractivity contribution in [1.29, 1.82) is 0 Å². The number of carbonyl (C=O) groups excluding carboxylic acids is 3. The number of methoxy groups -OCH3 is 1. The number of benzene rings is 3. The highest BCUT2D eigenvalue weighted by Gasteiger charge is 2.69. The molecule has 8 nitrogen and oxygen atoms in total. The lowest BCUT2D eigenvalue weighted by Crippen LogP contribution is -2.57. The summed E-state index contributed by atoms with van der Waals surface area (Å²) in [5.74, 6) is -2.14. The van der Waals surface area contributed by atoms with E-state index < -0.39 is 35.3 Å². The molecule has 6 rings (SSSR count). The Morgan fingerprint density at radius 3 is 2.49 bits per heavy atom. The number of fused-ring (bicyclic) bond motifs is 2. The van der Waals surface area contributed by atoms with Gasteiger partial charge in [-0.2, -0.15) is 0 Å². The van der Waals surface area contributed by atoms with E-state index in [0.717, 1.165) is 16.7 Å². The molecule has 0 aliphatic carbocycles. The second kappa shape index (κ2) is 8.74. The topological polar surface area (TPSA) is 94.2 Å². The van der Waals surface area contributed by atoms with Crippen LogP contribution in [-0.4, -0.2) is 37.2 Å². The van der Waals surface area contributed by atoms with Gasteiger partial charge in [0, 0.05) is 18.5 Å². The van der Waals surface area contributed by atoms with Crippen molar-refractivity contribution in [3.8, 4) is 11.5 Å². The van der Waals surface area contributed by atoms with Crippen LogP contribution in [0.25, 0.3) is 0 Å². The van der Waals surface area contributed by atoms with E-state index in [0.29, 0.717) is 17.2 Å². The van der Waals surface area contributed by atoms with Crippen LogP contribution in [0.5, 0.6) is 11.5 Å². The molecule has 3 heterocycles. The minimum Gasteiger partial charge on any atom is -0.468 e. The standard InChI is InChI=1S/C29H26N2O6/c1-17-8-6-7-11-20(17)25-23-24(29(30-25,28(34)35-2)15-18-9-4-3-5-10-18)27(33)31(26(23)32)19-12-13-21-22(14-19)37-16-36-21/h3-14,23-25,30H,15-16H2,1-2H3/t23-,24+,25-,29-/m1/s1. The molecule has 1 N–H and O–H groups in total. The van der Waals surface area contributed by atoms with E-state index in [9.17, 15) is 14.4 Å². The van der Waals surface area contributed by atoms with Gasteiger partial charge < -0.3 is 14.2 Å². The van der Waals surface area contributed by atoms with Crippen molar-refractivity contribution in [2.75, 3.05) is 18.8 Å². The number of carbonyl (C=O) groups is 3. The van der Waals surface area contributed by atoms with Crippen molar-refractivity contribution in [2.45, 2.75) is 24.9 Å². The molecule has 188 valence electrons. The number of hydrogen-bond donors (Lipinski definition) is 1. The summed E-state index contributed by atoms with van der Waals surface area (Å²) in [4.78, 5) is 43.0. The Balaban J connectivity index is 1.51. The zero-order valence-electron chi connectivity index (χ0n) is 20.5. The van der Waals surface area contributed by atoms with E-state index >= 15 is 0 Å². The highest BCUT2D eigenvalue weighted by Crippen LogP contribution is 2.52. The number of hydrogen-bond acceptors (Lipinski definition) is 7. The quantitative estimate of drug-likeness (QED) is 0.426. The van der Waals surface area contributed by atoms with Crippen molar-refractivity contribution in [2.24, 2.45) is 11.8 Å². The molecule has 0 saturated carbocycles. The predicted molar refractivity (Wildman–Crippen MR) is 134 cm³/mol. The highest BCUT2D eigenvalue weighted by molar-refractivity contribution is 6.24. The fraction of sp³-hybridized carbons (Fsp3) is 0.276. The van der Waals surface area contributed by atoms with Gasteiger partial charge in [0.2, 0.25) is 18.6 Å². The third-order valence-corrected chi connectivity index (χ3v) is 7.67. The van der Waals surface area contributed by atoms with Crippen LogP contribution in [-0.2, 0) is 25.5 Å². The summed E-state index contributed by atoms with van der Waals surface area (Å²) in [5, 5.41) is 3.45. The van der Waals surface area contributed by atoms with Gasteiger partial charge in [-0.1, -0.05) is 54.6 Å². The Morgan fingerprint density at radius 2 is 1.73 bits per heavy atom. The highest BCUT2D eigenvalue weighted by atomic mass is 16.7. The summed E-state index contributed by atoms with van der Waals surface area (Å²) in [6.07, 6.45) is 0.193. The van der Waals surface area contributed by atoms with Crippen molar-refractivity contribution >= 4 is 23.5 Å². The third kappa shape index (κ3) is 3.51. The minimum atomic E-state index is -1.44. The molecule has 3 aromatic carbocycles. The monoisotopic (exact) mass is 498 g/mol. The van der Waals surface area contributed by atoms with Gasteiger partial charge in [0.05, 0.1) is 24.6 Å². The number of ether oxygens (including phenoxy) is 3. The molecule has 0 spiro atoms. The van der Waals surface area contributed by atoms with Gasteiger partial charge in [0.15, 0.2) is 11.5 Å². The van der Waals surface area contributed by atoms with Crippen LogP contribution in [0.3, 0.4) is 0 Å². The molecule has 3 aliphatic heterocycles. The van der Waals surface area contributed by atoms with Crippen LogP contribution in [0.2, 0.25) is 0 Å². The Labute approximate surface area is 214 Å². The summed E-state index contributed by atoms with van der Waals surface area (Å²) in [5.41, 5.74) is 1.62. The Hall–Kier alpha value is -4.17. The van der Waals surface area contributed by atoms with Gasteiger partial charge in [-0.05, 0) is 35.7 Å². The average molecular weight is 499 g/mol. The molecular weight excluding hydrogens is 472 g/mol. The fourth-order valence-corrected chi connectivity index (χ4v) is 6.01.